The molecule has 0 N–H and O–H groups in total. The average Bonchev–Trinajstić information content (AvgIpc) is 2.68. The highest BCUT2D eigenvalue weighted by atomic mass is 35.5. The maximum atomic E-state index is 6.23. The van der Waals surface area contributed by atoms with E-state index >= 15 is 0 Å². The van der Waals surface area contributed by atoms with E-state index in [4.69, 9.17) is 16.0 Å². The summed E-state index contributed by atoms with van der Waals surface area (Å²) in [6.45, 7) is 1.93. The number of hydrogen-bond donors (Lipinski definition) is 0. The number of rotatable bonds is 1. The minimum absolute atomic E-state index is 0.592. The van der Waals surface area contributed by atoms with Crippen molar-refractivity contribution in [2.45, 2.75) is 6.92 Å². The molecule has 2 nitrogen and oxygen atoms in total. The van der Waals surface area contributed by atoms with E-state index < -0.39 is 0 Å². The Morgan fingerprint density at radius 3 is 2.65 bits per heavy atom. The number of pyridine rings is 1. The molecule has 0 aliphatic carbocycles. The quantitative estimate of drug-likeness (QED) is 0.631. The molecule has 3 heteroatoms. The topological polar surface area (TPSA) is 26.0 Å². The Kier molecular flexibility index (Phi) is 2.37. The predicted octanol–water partition coefficient (Wildman–Crippen LogP) is 4.46. The molecule has 84 valence electrons. The monoisotopic (exact) mass is 243 g/mol. The molecule has 0 aliphatic heterocycles. The lowest BCUT2D eigenvalue weighted by atomic mass is 10.0. The minimum Gasteiger partial charge on any atom is -0.442 e. The number of aromatic nitrogens is 1. The van der Waals surface area contributed by atoms with Crippen molar-refractivity contribution in [3.05, 3.63) is 53.4 Å². The summed E-state index contributed by atoms with van der Waals surface area (Å²) in [5.41, 5.74) is 2.71. The van der Waals surface area contributed by atoms with Crippen LogP contribution >= 0.6 is 11.6 Å². The van der Waals surface area contributed by atoms with Crippen LogP contribution in [0.1, 0.15) is 5.76 Å². The van der Waals surface area contributed by atoms with Gasteiger partial charge in [-0.15, -0.1) is 0 Å². The summed E-state index contributed by atoms with van der Waals surface area (Å²) in [4.78, 5) is 4.20. The molecule has 0 atom stereocenters. The summed E-state index contributed by atoms with van der Waals surface area (Å²) in [5, 5.41) is 1.56. The number of aryl methyl sites for hydroxylation is 1. The molecule has 2 heterocycles. The van der Waals surface area contributed by atoms with Crippen LogP contribution < -0.4 is 0 Å². The van der Waals surface area contributed by atoms with E-state index in [-0.39, 0.29) is 0 Å². The number of fused-ring (bicyclic) bond motifs is 1. The molecule has 0 amide bonds. The Hall–Kier alpha value is -1.80. The molecular formula is C14H10ClNO. The third-order valence-electron chi connectivity index (χ3n) is 2.78. The van der Waals surface area contributed by atoms with Crippen molar-refractivity contribution in [1.29, 1.82) is 0 Å². The number of furan rings is 1. The van der Waals surface area contributed by atoms with E-state index in [0.29, 0.717) is 10.7 Å². The zero-order valence-electron chi connectivity index (χ0n) is 9.27. The number of nitrogens with zero attached hydrogens (tertiary/aromatic N) is 1. The Morgan fingerprint density at radius 1 is 1.12 bits per heavy atom. The Balaban J connectivity index is 2.40. The largest absolute Gasteiger partial charge is 0.442 e. The number of halogens is 1. The fourth-order valence-electron chi connectivity index (χ4n) is 2.05. The van der Waals surface area contributed by atoms with E-state index in [1.54, 1.807) is 12.3 Å². The van der Waals surface area contributed by atoms with Crippen LogP contribution in [0.2, 0.25) is 5.02 Å². The first-order valence-electron chi connectivity index (χ1n) is 5.36. The molecule has 0 saturated carbocycles. The molecule has 0 bridgehead atoms. The molecule has 0 spiro atoms. The molecule has 1 aromatic carbocycles. The molecule has 0 fully saturated rings. The van der Waals surface area contributed by atoms with E-state index in [1.165, 1.54) is 0 Å². The highest BCUT2D eigenvalue weighted by Crippen LogP contribution is 2.37. The van der Waals surface area contributed by atoms with Gasteiger partial charge in [0.15, 0.2) is 0 Å². The summed E-state index contributed by atoms with van der Waals surface area (Å²) in [5.74, 6) is 0.840. The third-order valence-corrected chi connectivity index (χ3v) is 3.09. The first-order chi connectivity index (χ1) is 8.27. The standard InChI is InChI=1S/C14H10ClNO/c1-9-12(10-5-3-2-4-6-10)13-11(15)7-8-16-14(13)17-9/h2-8H,1H3. The minimum atomic E-state index is 0.592. The Morgan fingerprint density at radius 2 is 1.88 bits per heavy atom. The van der Waals surface area contributed by atoms with E-state index in [1.807, 2.05) is 37.3 Å². The normalized spacial score (nSPS) is 10.9. The van der Waals surface area contributed by atoms with E-state index in [0.717, 1.165) is 22.3 Å². The molecule has 0 unspecified atom stereocenters. The van der Waals surface area contributed by atoms with Gasteiger partial charge in [-0.3, -0.25) is 0 Å². The second-order valence-electron chi connectivity index (χ2n) is 3.87. The van der Waals surface area contributed by atoms with Gasteiger partial charge in [0.25, 0.3) is 0 Å². The average molecular weight is 244 g/mol. The zero-order valence-corrected chi connectivity index (χ0v) is 10.0. The lowest BCUT2D eigenvalue weighted by Gasteiger charge is -2.00. The first-order valence-corrected chi connectivity index (χ1v) is 5.74. The van der Waals surface area contributed by atoms with Gasteiger partial charge in [-0.05, 0) is 18.6 Å². The van der Waals surface area contributed by atoms with Crippen LogP contribution in [0.5, 0.6) is 0 Å². The van der Waals surface area contributed by atoms with Gasteiger partial charge in [0.1, 0.15) is 5.76 Å². The highest BCUT2D eigenvalue weighted by molar-refractivity contribution is 6.36. The second kappa shape index (κ2) is 3.90. The van der Waals surface area contributed by atoms with Crippen molar-refractivity contribution < 1.29 is 4.42 Å². The summed E-state index contributed by atoms with van der Waals surface area (Å²) in [7, 11) is 0. The van der Waals surface area contributed by atoms with Crippen LogP contribution in [0.15, 0.2) is 47.0 Å². The predicted molar refractivity (Wildman–Crippen MR) is 69.2 cm³/mol. The van der Waals surface area contributed by atoms with Crippen LogP contribution in [0.4, 0.5) is 0 Å². The van der Waals surface area contributed by atoms with Gasteiger partial charge in [-0.1, -0.05) is 41.9 Å². The fraction of sp³-hybridized carbons (Fsp3) is 0.0714. The van der Waals surface area contributed by atoms with Crippen molar-refractivity contribution in [1.82, 2.24) is 4.98 Å². The van der Waals surface area contributed by atoms with Crippen molar-refractivity contribution in [3.8, 4) is 11.1 Å². The van der Waals surface area contributed by atoms with Crippen molar-refractivity contribution in [2.24, 2.45) is 0 Å². The maximum absolute atomic E-state index is 6.23. The molecule has 0 saturated heterocycles. The molecule has 17 heavy (non-hydrogen) atoms. The van der Waals surface area contributed by atoms with Crippen molar-refractivity contribution in [3.63, 3.8) is 0 Å². The lowest BCUT2D eigenvalue weighted by molar-refractivity contribution is 0.569. The highest BCUT2D eigenvalue weighted by Gasteiger charge is 2.15. The third kappa shape index (κ3) is 1.61. The van der Waals surface area contributed by atoms with Crippen molar-refractivity contribution in [2.75, 3.05) is 0 Å². The van der Waals surface area contributed by atoms with Gasteiger partial charge >= 0.3 is 0 Å². The number of benzene rings is 1. The number of hydrogen-bond acceptors (Lipinski definition) is 2. The van der Waals surface area contributed by atoms with Gasteiger partial charge in [0, 0.05) is 11.8 Å². The second-order valence-corrected chi connectivity index (χ2v) is 4.28. The van der Waals surface area contributed by atoms with Gasteiger partial charge < -0.3 is 4.42 Å². The fourth-order valence-corrected chi connectivity index (χ4v) is 2.28. The summed E-state index contributed by atoms with van der Waals surface area (Å²) < 4.78 is 5.64. The van der Waals surface area contributed by atoms with Gasteiger partial charge in [-0.2, -0.15) is 0 Å². The van der Waals surface area contributed by atoms with Gasteiger partial charge in [-0.25, -0.2) is 4.98 Å². The molecular weight excluding hydrogens is 234 g/mol. The van der Waals surface area contributed by atoms with Crippen LogP contribution in [-0.4, -0.2) is 4.98 Å². The summed E-state index contributed by atoms with van der Waals surface area (Å²) in [6.07, 6.45) is 1.66. The molecule has 0 aliphatic rings. The van der Waals surface area contributed by atoms with Crippen LogP contribution in [0.3, 0.4) is 0 Å². The SMILES string of the molecule is Cc1oc2nccc(Cl)c2c1-c1ccccc1. The molecule has 2 aromatic heterocycles. The lowest BCUT2D eigenvalue weighted by Crippen LogP contribution is -1.79. The molecule has 3 rings (SSSR count). The zero-order chi connectivity index (χ0) is 11.8. The van der Waals surface area contributed by atoms with Gasteiger partial charge in [0.2, 0.25) is 5.71 Å². The van der Waals surface area contributed by atoms with Crippen molar-refractivity contribution >= 4 is 22.7 Å². The molecule has 3 aromatic rings. The van der Waals surface area contributed by atoms with E-state index in [2.05, 4.69) is 4.98 Å². The molecule has 0 radical (unpaired) electrons. The first kappa shape index (κ1) is 10.4. The summed E-state index contributed by atoms with van der Waals surface area (Å²) >= 11 is 6.23. The smallest absolute Gasteiger partial charge is 0.228 e. The van der Waals surface area contributed by atoms with Crippen LogP contribution in [0.25, 0.3) is 22.2 Å². The summed E-state index contributed by atoms with van der Waals surface area (Å²) in [6, 6.07) is 11.9. The Labute approximate surface area is 104 Å². The van der Waals surface area contributed by atoms with Crippen LogP contribution in [-0.2, 0) is 0 Å². The van der Waals surface area contributed by atoms with Gasteiger partial charge in [0.05, 0.1) is 10.4 Å². The van der Waals surface area contributed by atoms with E-state index in [9.17, 15) is 0 Å². The van der Waals surface area contributed by atoms with Crippen LogP contribution in [0, 0.1) is 6.92 Å². The Bertz CT molecular complexity index is 673. The maximum Gasteiger partial charge on any atom is 0.228 e.